The van der Waals surface area contributed by atoms with Crippen molar-refractivity contribution < 1.29 is 0 Å². The van der Waals surface area contributed by atoms with Gasteiger partial charge in [0.1, 0.15) is 0 Å². The van der Waals surface area contributed by atoms with Crippen LogP contribution >= 0.6 is 22.7 Å². The van der Waals surface area contributed by atoms with Crippen LogP contribution in [0, 0.1) is 11.8 Å². The maximum Gasteiger partial charge on any atom is 0.171 e. The Labute approximate surface area is 87.4 Å². The minimum Gasteiger partial charge on any atom is -0.166 e. The molecule has 0 bridgehead atoms. The number of hydrogen-bond acceptors (Lipinski definition) is 0. The third-order valence-corrected chi connectivity index (χ3v) is 8.63. The Bertz CT molecular complexity index is 114. The van der Waals surface area contributed by atoms with Gasteiger partial charge in [-0.15, -0.1) is 11.6 Å². The molecule has 3 heteroatoms. The minimum atomic E-state index is -1.61. The van der Waals surface area contributed by atoms with Crippen LogP contribution in [0.15, 0.2) is 0 Å². The van der Waals surface area contributed by atoms with Crippen LogP contribution in [0.5, 0.6) is 0 Å². The molecule has 0 radical (unpaired) electrons. The maximum absolute atomic E-state index is 6.52. The van der Waals surface area contributed by atoms with Gasteiger partial charge in [0.05, 0.1) is 0 Å². The van der Waals surface area contributed by atoms with Gasteiger partial charge in [0.2, 0.25) is 0 Å². The highest BCUT2D eigenvalue weighted by Gasteiger charge is 2.31. The second kappa shape index (κ2) is 5.51. The number of alkyl halides is 1. The molecule has 0 aliphatic heterocycles. The van der Waals surface area contributed by atoms with E-state index in [4.69, 9.17) is 22.7 Å². The lowest BCUT2D eigenvalue weighted by Crippen LogP contribution is -2.33. The van der Waals surface area contributed by atoms with Crippen molar-refractivity contribution in [2.24, 2.45) is 11.8 Å². The monoisotopic (exact) mass is 226 g/mol. The van der Waals surface area contributed by atoms with Crippen molar-refractivity contribution in [1.29, 1.82) is 0 Å². The molecule has 0 fully saturated rings. The molecule has 0 atom stereocenters. The van der Waals surface area contributed by atoms with Crippen LogP contribution in [0.1, 0.15) is 27.7 Å². The first-order valence-electron chi connectivity index (χ1n) is 4.64. The van der Waals surface area contributed by atoms with Gasteiger partial charge in [0.15, 0.2) is 7.38 Å². The van der Waals surface area contributed by atoms with E-state index in [0.717, 1.165) is 12.1 Å². The molecule has 0 spiro atoms. The van der Waals surface area contributed by atoms with Crippen LogP contribution in [-0.4, -0.2) is 12.9 Å². The summed E-state index contributed by atoms with van der Waals surface area (Å²) < 4.78 is 0. The Morgan fingerprint density at radius 3 is 1.50 bits per heavy atom. The number of rotatable bonds is 5. The molecule has 0 N–H and O–H groups in total. The van der Waals surface area contributed by atoms with E-state index in [2.05, 4.69) is 27.7 Å². The average Bonchev–Trinajstić information content (AvgIpc) is 1.83. The fourth-order valence-corrected chi connectivity index (χ4v) is 7.47. The van der Waals surface area contributed by atoms with Gasteiger partial charge < -0.3 is 0 Å². The van der Waals surface area contributed by atoms with E-state index in [0.29, 0.717) is 17.3 Å². The number of halogens is 2. The molecular weight excluding hydrogens is 207 g/mol. The molecule has 0 amide bonds. The van der Waals surface area contributed by atoms with Crippen LogP contribution in [0.3, 0.4) is 0 Å². The Kier molecular flexibility index (Phi) is 5.88. The number of hydrogen-bond donors (Lipinski definition) is 0. The van der Waals surface area contributed by atoms with E-state index >= 15 is 0 Å². The summed E-state index contributed by atoms with van der Waals surface area (Å²) in [6.07, 6.45) is 0. The largest absolute Gasteiger partial charge is 0.171 e. The zero-order valence-electron chi connectivity index (χ0n) is 8.53. The van der Waals surface area contributed by atoms with Crippen LogP contribution in [-0.2, 0) is 0 Å². The van der Waals surface area contributed by atoms with Gasteiger partial charge in [-0.25, -0.2) is 0 Å². The van der Waals surface area contributed by atoms with Crippen molar-refractivity contribution in [3.8, 4) is 0 Å². The molecule has 12 heavy (non-hydrogen) atoms. The molecule has 0 nitrogen and oxygen atoms in total. The molecule has 0 rings (SSSR count). The van der Waals surface area contributed by atoms with Crippen molar-refractivity contribution in [3.63, 3.8) is 0 Å². The van der Waals surface area contributed by atoms with Gasteiger partial charge in [-0.2, -0.15) is 11.1 Å². The first-order chi connectivity index (χ1) is 5.39. The topological polar surface area (TPSA) is 0 Å². The molecule has 0 aromatic rings. The summed E-state index contributed by atoms with van der Waals surface area (Å²) in [6, 6.07) is 2.30. The Morgan fingerprint density at radius 2 is 1.33 bits per heavy atom. The standard InChI is InChI=1S/C9H20Cl2Si/c1-8(2)5-12(11,7-10)6-9(3)4/h8-9H,5-7H2,1-4H3. The molecule has 0 aliphatic carbocycles. The van der Waals surface area contributed by atoms with E-state index in [1.54, 1.807) is 0 Å². The lowest BCUT2D eigenvalue weighted by Gasteiger charge is -2.25. The summed E-state index contributed by atoms with van der Waals surface area (Å²) in [5.74, 6) is 1.37. The van der Waals surface area contributed by atoms with E-state index in [1.807, 2.05) is 0 Å². The first kappa shape index (κ1) is 12.8. The van der Waals surface area contributed by atoms with Crippen LogP contribution in [0.25, 0.3) is 0 Å². The summed E-state index contributed by atoms with van der Waals surface area (Å²) in [4.78, 5) is 0. The SMILES string of the molecule is CC(C)C[Si](Cl)(CCl)CC(C)C. The zero-order chi connectivity index (χ0) is 9.78. The summed E-state index contributed by atoms with van der Waals surface area (Å²) in [5, 5.41) is 0. The average molecular weight is 227 g/mol. The highest BCUT2D eigenvalue weighted by Crippen LogP contribution is 2.29. The molecule has 0 aromatic heterocycles. The molecular formula is C9H20Cl2Si. The van der Waals surface area contributed by atoms with Gasteiger partial charge in [-0.05, 0) is 23.9 Å². The lowest BCUT2D eigenvalue weighted by molar-refractivity contribution is 0.687. The van der Waals surface area contributed by atoms with Crippen LogP contribution < -0.4 is 0 Å². The van der Waals surface area contributed by atoms with E-state index in [9.17, 15) is 0 Å². The van der Waals surface area contributed by atoms with Crippen molar-refractivity contribution in [1.82, 2.24) is 0 Å². The molecule has 0 aromatic carbocycles. The molecule has 0 heterocycles. The van der Waals surface area contributed by atoms with E-state index < -0.39 is 7.38 Å². The first-order valence-corrected chi connectivity index (χ1v) is 8.81. The highest BCUT2D eigenvalue weighted by molar-refractivity contribution is 7.22. The van der Waals surface area contributed by atoms with Gasteiger partial charge in [0, 0.05) is 5.50 Å². The third kappa shape index (κ3) is 5.44. The Morgan fingerprint density at radius 1 is 1.00 bits per heavy atom. The van der Waals surface area contributed by atoms with Gasteiger partial charge in [-0.1, -0.05) is 27.7 Å². The van der Waals surface area contributed by atoms with Gasteiger partial charge in [-0.3, -0.25) is 0 Å². The predicted octanol–water partition coefficient (Wildman–Crippen LogP) is 4.26. The van der Waals surface area contributed by atoms with Crippen molar-refractivity contribution in [2.45, 2.75) is 39.8 Å². The predicted molar refractivity (Wildman–Crippen MR) is 61.6 cm³/mol. The Balaban J connectivity index is 4.04. The van der Waals surface area contributed by atoms with Gasteiger partial charge >= 0.3 is 0 Å². The maximum atomic E-state index is 6.52. The normalized spacial score (nSPS) is 13.0. The molecule has 0 saturated heterocycles. The fourth-order valence-electron chi connectivity index (χ4n) is 1.66. The second-order valence-corrected chi connectivity index (χ2v) is 11.1. The van der Waals surface area contributed by atoms with Crippen molar-refractivity contribution in [2.75, 3.05) is 5.50 Å². The molecule has 0 unspecified atom stereocenters. The minimum absolute atomic E-state index is 0.687. The lowest BCUT2D eigenvalue weighted by atomic mass is 10.3. The van der Waals surface area contributed by atoms with Gasteiger partial charge in [0.25, 0.3) is 0 Å². The summed E-state index contributed by atoms with van der Waals surface area (Å²) in [6.45, 7) is 8.88. The van der Waals surface area contributed by atoms with Crippen molar-refractivity contribution >= 4 is 30.1 Å². The summed E-state index contributed by atoms with van der Waals surface area (Å²) >= 11 is 12.4. The smallest absolute Gasteiger partial charge is 0.166 e. The zero-order valence-corrected chi connectivity index (χ0v) is 11.0. The van der Waals surface area contributed by atoms with Crippen molar-refractivity contribution in [3.05, 3.63) is 0 Å². The second-order valence-electron chi connectivity index (χ2n) is 4.48. The highest BCUT2D eigenvalue weighted by atomic mass is 35.6. The quantitative estimate of drug-likeness (QED) is 0.374. The van der Waals surface area contributed by atoms with Crippen LogP contribution in [0.4, 0.5) is 0 Å². The molecule has 74 valence electrons. The Hall–Kier alpha value is 0.797. The molecule has 0 saturated carbocycles. The van der Waals surface area contributed by atoms with Crippen LogP contribution in [0.2, 0.25) is 12.1 Å². The summed E-state index contributed by atoms with van der Waals surface area (Å²) in [7, 11) is -1.61. The summed E-state index contributed by atoms with van der Waals surface area (Å²) in [5.41, 5.74) is 0.699. The molecule has 0 aliphatic rings. The van der Waals surface area contributed by atoms with E-state index in [1.165, 1.54) is 0 Å². The van der Waals surface area contributed by atoms with E-state index in [-0.39, 0.29) is 0 Å². The third-order valence-electron chi connectivity index (χ3n) is 1.79. The fraction of sp³-hybridized carbons (Fsp3) is 1.00.